The van der Waals surface area contributed by atoms with Gasteiger partial charge in [0.15, 0.2) is 5.54 Å². The highest BCUT2D eigenvalue weighted by atomic mass is 35.5. The van der Waals surface area contributed by atoms with Crippen LogP contribution < -0.4 is 10.6 Å². The summed E-state index contributed by atoms with van der Waals surface area (Å²) >= 11 is 12.3. The van der Waals surface area contributed by atoms with Crippen molar-refractivity contribution in [2.45, 2.75) is 37.8 Å². The number of nitrogens with zero attached hydrogens (tertiary/aromatic N) is 2. The van der Waals surface area contributed by atoms with Gasteiger partial charge in [0.05, 0.1) is 23.1 Å². The van der Waals surface area contributed by atoms with E-state index in [1.165, 1.54) is 12.1 Å². The number of anilines is 1. The van der Waals surface area contributed by atoms with Crippen molar-refractivity contribution in [2.24, 2.45) is 5.10 Å². The molecule has 0 radical (unpaired) electrons. The van der Waals surface area contributed by atoms with Crippen LogP contribution in [0.1, 0.15) is 37.8 Å². The summed E-state index contributed by atoms with van der Waals surface area (Å²) in [5, 5.41) is 21.0. The molecule has 2 aromatic carbocycles. The van der Waals surface area contributed by atoms with E-state index in [9.17, 15) is 14.7 Å². The second-order valence-corrected chi connectivity index (χ2v) is 9.78. The van der Waals surface area contributed by atoms with Crippen molar-refractivity contribution in [1.29, 1.82) is 0 Å². The van der Waals surface area contributed by atoms with E-state index < -0.39 is 34.6 Å². The van der Waals surface area contributed by atoms with E-state index in [0.29, 0.717) is 16.3 Å². The molecule has 2 aromatic rings. The summed E-state index contributed by atoms with van der Waals surface area (Å²) in [6.45, 7) is 5.23. The monoisotopic (exact) mass is 492 g/mol. The van der Waals surface area contributed by atoms with Crippen molar-refractivity contribution in [2.75, 3.05) is 18.5 Å². The number of hydrazone groups is 1. The maximum atomic E-state index is 15.4. The molecular formula is C23H23Cl2FN4O3. The van der Waals surface area contributed by atoms with E-state index >= 15 is 4.39 Å². The Hall–Kier alpha value is -2.68. The number of fused-ring (bicyclic) bond motifs is 2. The summed E-state index contributed by atoms with van der Waals surface area (Å²) in [6.07, 6.45) is 0. The van der Waals surface area contributed by atoms with Crippen LogP contribution in [0.2, 0.25) is 10.0 Å². The molecule has 0 saturated heterocycles. The van der Waals surface area contributed by atoms with Gasteiger partial charge in [0.1, 0.15) is 11.5 Å². The molecule has 174 valence electrons. The van der Waals surface area contributed by atoms with Crippen LogP contribution in [-0.4, -0.2) is 46.3 Å². The third-order valence-electron chi connectivity index (χ3n) is 5.78. The topological polar surface area (TPSA) is 94.0 Å². The molecule has 2 aliphatic heterocycles. The van der Waals surface area contributed by atoms with E-state index in [1.54, 1.807) is 29.3 Å². The lowest BCUT2D eigenvalue weighted by molar-refractivity contribution is -0.131. The van der Waals surface area contributed by atoms with Gasteiger partial charge in [-0.3, -0.25) is 14.6 Å². The molecule has 10 heteroatoms. The quantitative estimate of drug-likeness (QED) is 0.607. The zero-order valence-electron chi connectivity index (χ0n) is 18.2. The predicted molar refractivity (Wildman–Crippen MR) is 125 cm³/mol. The first kappa shape index (κ1) is 23.5. The molecule has 33 heavy (non-hydrogen) atoms. The van der Waals surface area contributed by atoms with Gasteiger partial charge in [0, 0.05) is 28.4 Å². The first-order valence-electron chi connectivity index (χ1n) is 10.4. The van der Waals surface area contributed by atoms with Crippen LogP contribution >= 0.6 is 23.2 Å². The first-order valence-corrected chi connectivity index (χ1v) is 11.1. The van der Waals surface area contributed by atoms with Crippen molar-refractivity contribution >= 4 is 46.4 Å². The number of hydrogen-bond donors (Lipinski definition) is 3. The molecule has 3 N–H and O–H groups in total. The largest absolute Gasteiger partial charge is 0.395 e. The maximum absolute atomic E-state index is 15.4. The van der Waals surface area contributed by atoms with E-state index in [-0.39, 0.29) is 29.4 Å². The molecule has 0 fully saturated rings. The molecule has 2 heterocycles. The number of aliphatic hydroxyl groups is 1. The molecule has 0 bridgehead atoms. The van der Waals surface area contributed by atoms with Crippen LogP contribution in [0.4, 0.5) is 10.1 Å². The van der Waals surface area contributed by atoms with Gasteiger partial charge in [-0.1, -0.05) is 41.4 Å². The average molecular weight is 493 g/mol. The fraction of sp³-hybridized carbons (Fsp3) is 0.348. The molecule has 0 aromatic heterocycles. The van der Waals surface area contributed by atoms with Crippen molar-refractivity contribution in [3.8, 4) is 0 Å². The van der Waals surface area contributed by atoms with Gasteiger partial charge in [-0.2, -0.15) is 5.10 Å². The summed E-state index contributed by atoms with van der Waals surface area (Å²) in [5.41, 5.74) is -1.34. The predicted octanol–water partition coefficient (Wildman–Crippen LogP) is 3.64. The van der Waals surface area contributed by atoms with Gasteiger partial charge in [0.2, 0.25) is 0 Å². The van der Waals surface area contributed by atoms with Gasteiger partial charge in [-0.05, 0) is 39.0 Å². The van der Waals surface area contributed by atoms with E-state index in [2.05, 4.69) is 15.7 Å². The highest BCUT2D eigenvalue weighted by molar-refractivity contribution is 6.43. The van der Waals surface area contributed by atoms with Crippen molar-refractivity contribution in [1.82, 2.24) is 10.3 Å². The summed E-state index contributed by atoms with van der Waals surface area (Å²) in [7, 11) is 0. The highest BCUT2D eigenvalue weighted by Crippen LogP contribution is 2.56. The second-order valence-electron chi connectivity index (χ2n) is 8.93. The number of rotatable bonds is 4. The third-order valence-corrected chi connectivity index (χ3v) is 6.30. The molecule has 2 aliphatic rings. The number of amides is 2. The average Bonchev–Trinajstić information content (AvgIpc) is 3.24. The Labute approximate surface area is 200 Å². The number of halogens is 3. The maximum Gasteiger partial charge on any atom is 0.268 e. The lowest BCUT2D eigenvalue weighted by atomic mass is 9.71. The van der Waals surface area contributed by atoms with Crippen molar-refractivity contribution in [3.05, 3.63) is 63.4 Å². The third kappa shape index (κ3) is 3.57. The zero-order chi connectivity index (χ0) is 24.1. The SMILES string of the molecule is CC(C)(C)N1N=C(C(=O)NCCO)C(c2cccc(Cl)c2F)C12C(=O)Nc1cc(Cl)ccc12. The minimum Gasteiger partial charge on any atom is -0.395 e. The summed E-state index contributed by atoms with van der Waals surface area (Å²) in [5.74, 6) is -2.95. The lowest BCUT2D eigenvalue weighted by Gasteiger charge is -2.44. The van der Waals surface area contributed by atoms with E-state index in [4.69, 9.17) is 23.2 Å². The molecule has 2 atom stereocenters. The molecule has 4 rings (SSSR count). The smallest absolute Gasteiger partial charge is 0.268 e. The Morgan fingerprint density at radius 1 is 1.30 bits per heavy atom. The fourth-order valence-electron chi connectivity index (χ4n) is 4.58. The molecule has 2 unspecified atom stereocenters. The van der Waals surface area contributed by atoms with Crippen molar-refractivity contribution < 1.29 is 19.1 Å². The molecule has 0 saturated carbocycles. The minimum atomic E-state index is -1.57. The Bertz CT molecular complexity index is 1180. The van der Waals surface area contributed by atoms with Crippen LogP contribution in [0.5, 0.6) is 0 Å². The van der Waals surface area contributed by atoms with Crippen LogP contribution in [0.25, 0.3) is 0 Å². The lowest BCUT2D eigenvalue weighted by Crippen LogP contribution is -2.57. The number of carbonyl (C=O) groups excluding carboxylic acids is 2. The Morgan fingerprint density at radius 2 is 2.03 bits per heavy atom. The van der Waals surface area contributed by atoms with Gasteiger partial charge in [0.25, 0.3) is 11.8 Å². The standard InChI is InChI=1S/C23H23Cl2FN4O3/c1-22(2,3)30-23(14-8-7-12(24)11-16(14)28-21(23)33)17(13-5-4-6-15(25)18(13)26)19(29-30)20(32)27-9-10-31/h4-8,11,17,31H,9-10H2,1-3H3,(H,27,32)(H,28,33). The van der Waals surface area contributed by atoms with Gasteiger partial charge in [-0.15, -0.1) is 0 Å². The molecule has 1 spiro atoms. The summed E-state index contributed by atoms with van der Waals surface area (Å²) in [4.78, 5) is 27.0. The Morgan fingerprint density at radius 3 is 2.70 bits per heavy atom. The second kappa shape index (κ2) is 8.27. The van der Waals surface area contributed by atoms with Gasteiger partial charge < -0.3 is 15.7 Å². The zero-order valence-corrected chi connectivity index (χ0v) is 19.8. The molecule has 0 aliphatic carbocycles. The van der Waals surface area contributed by atoms with Gasteiger partial charge >= 0.3 is 0 Å². The molecule has 2 amide bonds. The number of nitrogens with one attached hydrogen (secondary N) is 2. The number of carbonyl (C=O) groups is 2. The van der Waals surface area contributed by atoms with Crippen LogP contribution in [0, 0.1) is 5.82 Å². The first-order chi connectivity index (χ1) is 15.5. The Balaban J connectivity index is 2.05. The Kier molecular flexibility index (Phi) is 5.88. The highest BCUT2D eigenvalue weighted by Gasteiger charge is 2.65. The van der Waals surface area contributed by atoms with Crippen LogP contribution in [0.15, 0.2) is 41.5 Å². The van der Waals surface area contributed by atoms with E-state index in [1.807, 2.05) is 20.8 Å². The summed E-state index contributed by atoms with van der Waals surface area (Å²) in [6, 6.07) is 9.39. The fourth-order valence-corrected chi connectivity index (χ4v) is 4.94. The number of aliphatic hydroxyl groups excluding tert-OH is 1. The minimum absolute atomic E-state index is 0.0243. The van der Waals surface area contributed by atoms with Gasteiger partial charge in [-0.25, -0.2) is 4.39 Å². The van der Waals surface area contributed by atoms with Crippen LogP contribution in [0.3, 0.4) is 0 Å². The van der Waals surface area contributed by atoms with Crippen LogP contribution in [-0.2, 0) is 15.1 Å². The summed E-state index contributed by atoms with van der Waals surface area (Å²) < 4.78 is 15.4. The number of benzene rings is 2. The number of hydrogen-bond acceptors (Lipinski definition) is 5. The normalized spacial score (nSPS) is 21.8. The molecular weight excluding hydrogens is 470 g/mol. The van der Waals surface area contributed by atoms with Crippen molar-refractivity contribution in [3.63, 3.8) is 0 Å². The van der Waals surface area contributed by atoms with E-state index in [0.717, 1.165) is 0 Å². The molecule has 7 nitrogen and oxygen atoms in total.